The standard InChI is InChI=1S/C10H19NO4/c1-6-8(15-7(2)12)10(3,9(13)14)11(4)5/h8H,6H2,1-5H3,(H,13,14). The third-order valence-corrected chi connectivity index (χ3v) is 2.67. The number of ether oxygens (including phenoxy) is 1. The first-order valence-corrected chi connectivity index (χ1v) is 4.84. The van der Waals surface area contributed by atoms with Crippen molar-refractivity contribution in [2.75, 3.05) is 14.1 Å². The van der Waals surface area contributed by atoms with Gasteiger partial charge in [0.25, 0.3) is 0 Å². The van der Waals surface area contributed by atoms with Crippen LogP contribution in [0.3, 0.4) is 0 Å². The van der Waals surface area contributed by atoms with E-state index in [2.05, 4.69) is 0 Å². The molecule has 0 aliphatic heterocycles. The maximum Gasteiger partial charge on any atom is 0.327 e. The lowest BCUT2D eigenvalue weighted by Gasteiger charge is -2.37. The van der Waals surface area contributed by atoms with E-state index in [-0.39, 0.29) is 0 Å². The van der Waals surface area contributed by atoms with Gasteiger partial charge in [0, 0.05) is 6.92 Å². The summed E-state index contributed by atoms with van der Waals surface area (Å²) in [5.74, 6) is -1.46. The highest BCUT2D eigenvalue weighted by Gasteiger charge is 2.45. The molecule has 88 valence electrons. The Kier molecular flexibility index (Phi) is 4.74. The van der Waals surface area contributed by atoms with E-state index in [0.717, 1.165) is 0 Å². The summed E-state index contributed by atoms with van der Waals surface area (Å²) in [4.78, 5) is 23.6. The minimum absolute atomic E-state index is 0.459. The molecule has 0 saturated heterocycles. The summed E-state index contributed by atoms with van der Waals surface area (Å²) in [6.45, 7) is 4.62. The topological polar surface area (TPSA) is 66.8 Å². The van der Waals surface area contributed by atoms with E-state index in [0.29, 0.717) is 6.42 Å². The summed E-state index contributed by atoms with van der Waals surface area (Å²) in [5, 5.41) is 9.18. The predicted octanol–water partition coefficient (Wildman–Crippen LogP) is 0.733. The average molecular weight is 217 g/mol. The zero-order valence-corrected chi connectivity index (χ0v) is 9.90. The molecule has 5 heteroatoms. The van der Waals surface area contributed by atoms with Crippen LogP contribution in [-0.2, 0) is 14.3 Å². The Labute approximate surface area is 90.0 Å². The maximum absolute atomic E-state index is 11.2. The van der Waals surface area contributed by atoms with Crippen LogP contribution in [0, 0.1) is 0 Å². The summed E-state index contributed by atoms with van der Waals surface area (Å²) in [5.41, 5.74) is -1.19. The molecule has 15 heavy (non-hydrogen) atoms. The van der Waals surface area contributed by atoms with Crippen molar-refractivity contribution < 1.29 is 19.4 Å². The summed E-state index contributed by atoms with van der Waals surface area (Å²) in [7, 11) is 3.31. The van der Waals surface area contributed by atoms with Gasteiger partial charge in [-0.05, 0) is 27.4 Å². The second-order valence-corrected chi connectivity index (χ2v) is 3.85. The van der Waals surface area contributed by atoms with Gasteiger partial charge in [0.05, 0.1) is 0 Å². The van der Waals surface area contributed by atoms with Gasteiger partial charge in [0.2, 0.25) is 0 Å². The molecule has 0 spiro atoms. The first kappa shape index (κ1) is 13.9. The highest BCUT2D eigenvalue weighted by Crippen LogP contribution is 2.22. The fourth-order valence-electron chi connectivity index (χ4n) is 1.41. The Morgan fingerprint density at radius 2 is 1.93 bits per heavy atom. The third kappa shape index (κ3) is 2.92. The third-order valence-electron chi connectivity index (χ3n) is 2.67. The van der Waals surface area contributed by atoms with Crippen LogP contribution >= 0.6 is 0 Å². The number of esters is 1. The van der Waals surface area contributed by atoms with Gasteiger partial charge in [-0.25, -0.2) is 0 Å². The van der Waals surface area contributed by atoms with E-state index in [1.165, 1.54) is 6.92 Å². The van der Waals surface area contributed by atoms with Crippen LogP contribution in [0.5, 0.6) is 0 Å². The molecule has 0 aromatic rings. The monoisotopic (exact) mass is 217 g/mol. The molecule has 0 fully saturated rings. The Morgan fingerprint density at radius 1 is 1.47 bits per heavy atom. The Hall–Kier alpha value is -1.10. The number of hydrogen-bond acceptors (Lipinski definition) is 4. The van der Waals surface area contributed by atoms with E-state index in [4.69, 9.17) is 4.74 Å². The second-order valence-electron chi connectivity index (χ2n) is 3.85. The molecule has 0 aliphatic rings. The van der Waals surface area contributed by atoms with Crippen molar-refractivity contribution in [2.24, 2.45) is 0 Å². The first-order valence-electron chi connectivity index (χ1n) is 4.84. The lowest BCUT2D eigenvalue weighted by Crippen LogP contribution is -2.58. The smallest absolute Gasteiger partial charge is 0.327 e. The number of carbonyl (C=O) groups excluding carboxylic acids is 1. The SMILES string of the molecule is CCC(OC(C)=O)C(C)(C(=O)O)N(C)C. The molecule has 5 nitrogen and oxygen atoms in total. The van der Waals surface area contributed by atoms with Crippen LogP contribution in [0.2, 0.25) is 0 Å². The van der Waals surface area contributed by atoms with Crippen LogP contribution in [0.15, 0.2) is 0 Å². The van der Waals surface area contributed by atoms with Gasteiger partial charge in [-0.2, -0.15) is 0 Å². The zero-order valence-electron chi connectivity index (χ0n) is 9.90. The number of nitrogens with zero attached hydrogens (tertiary/aromatic N) is 1. The van der Waals surface area contributed by atoms with Crippen molar-refractivity contribution in [1.82, 2.24) is 4.90 Å². The van der Waals surface area contributed by atoms with Crippen LogP contribution < -0.4 is 0 Å². The molecule has 0 aromatic carbocycles. The number of aliphatic carboxylic acids is 1. The number of likely N-dealkylation sites (N-methyl/N-ethyl adjacent to an activating group) is 1. The zero-order chi connectivity index (χ0) is 12.2. The fourth-order valence-corrected chi connectivity index (χ4v) is 1.41. The van der Waals surface area contributed by atoms with E-state index >= 15 is 0 Å². The molecule has 0 saturated carbocycles. The van der Waals surface area contributed by atoms with Crippen LogP contribution in [0.25, 0.3) is 0 Å². The van der Waals surface area contributed by atoms with E-state index in [1.807, 2.05) is 0 Å². The first-order chi connectivity index (χ1) is 6.76. The molecular weight excluding hydrogens is 198 g/mol. The number of rotatable bonds is 5. The molecule has 1 N–H and O–H groups in total. The van der Waals surface area contributed by atoms with Crippen LogP contribution in [0.4, 0.5) is 0 Å². The van der Waals surface area contributed by atoms with Crippen molar-refractivity contribution >= 4 is 11.9 Å². The minimum atomic E-state index is -1.19. The van der Waals surface area contributed by atoms with E-state index in [9.17, 15) is 14.7 Å². The molecule has 0 aliphatic carbocycles. The Balaban J connectivity index is 5.02. The van der Waals surface area contributed by atoms with Crippen LogP contribution in [-0.4, -0.2) is 47.7 Å². The van der Waals surface area contributed by atoms with Gasteiger partial charge in [0.1, 0.15) is 6.10 Å². The number of carbonyl (C=O) groups is 2. The number of carboxylic acids is 1. The summed E-state index contributed by atoms with van der Waals surface area (Å²) >= 11 is 0. The van der Waals surface area contributed by atoms with Gasteiger partial charge in [-0.1, -0.05) is 6.92 Å². The van der Waals surface area contributed by atoms with Crippen molar-refractivity contribution in [3.8, 4) is 0 Å². The van der Waals surface area contributed by atoms with Gasteiger partial charge in [0.15, 0.2) is 5.54 Å². The molecule has 0 aromatic heterocycles. The minimum Gasteiger partial charge on any atom is -0.480 e. The van der Waals surface area contributed by atoms with E-state index in [1.54, 1.807) is 32.8 Å². The summed E-state index contributed by atoms with van der Waals surface area (Å²) < 4.78 is 5.03. The second kappa shape index (κ2) is 5.11. The fraction of sp³-hybridized carbons (Fsp3) is 0.800. The van der Waals surface area contributed by atoms with E-state index < -0.39 is 23.6 Å². The molecule has 0 heterocycles. The van der Waals surface area contributed by atoms with Crippen LogP contribution in [0.1, 0.15) is 27.2 Å². The lowest BCUT2D eigenvalue weighted by molar-refractivity contribution is -0.167. The van der Waals surface area contributed by atoms with Crippen molar-refractivity contribution in [3.05, 3.63) is 0 Å². The van der Waals surface area contributed by atoms with Crippen molar-refractivity contribution in [2.45, 2.75) is 38.8 Å². The largest absolute Gasteiger partial charge is 0.480 e. The predicted molar refractivity (Wildman–Crippen MR) is 55.6 cm³/mol. The number of hydrogen-bond donors (Lipinski definition) is 1. The molecule has 2 unspecified atom stereocenters. The highest BCUT2D eigenvalue weighted by atomic mass is 16.5. The number of carboxylic acid groups (broad SMARTS) is 1. The molecule has 0 rings (SSSR count). The van der Waals surface area contributed by atoms with Gasteiger partial charge in [-0.15, -0.1) is 0 Å². The molecule has 2 atom stereocenters. The Morgan fingerprint density at radius 3 is 2.13 bits per heavy atom. The molecule has 0 bridgehead atoms. The van der Waals surface area contributed by atoms with Gasteiger partial charge >= 0.3 is 11.9 Å². The maximum atomic E-state index is 11.2. The molecular formula is C10H19NO4. The quantitative estimate of drug-likeness (QED) is 0.688. The summed E-state index contributed by atoms with van der Waals surface area (Å²) in [6, 6.07) is 0. The highest BCUT2D eigenvalue weighted by molar-refractivity contribution is 5.80. The van der Waals surface area contributed by atoms with Gasteiger partial charge < -0.3 is 9.84 Å². The Bertz CT molecular complexity index is 252. The van der Waals surface area contributed by atoms with Crippen molar-refractivity contribution in [3.63, 3.8) is 0 Å². The normalized spacial score (nSPS) is 16.9. The average Bonchev–Trinajstić information content (AvgIpc) is 2.11. The molecule has 0 radical (unpaired) electrons. The van der Waals surface area contributed by atoms with Gasteiger partial charge in [-0.3, -0.25) is 14.5 Å². The lowest BCUT2D eigenvalue weighted by atomic mass is 9.91. The molecule has 0 amide bonds. The summed E-state index contributed by atoms with van der Waals surface area (Å²) in [6.07, 6.45) is -0.192. The van der Waals surface area contributed by atoms with Crippen molar-refractivity contribution in [1.29, 1.82) is 0 Å².